The maximum absolute atomic E-state index is 9.24. The summed E-state index contributed by atoms with van der Waals surface area (Å²) in [5, 5.41) is 9.24. The second-order valence-electron chi connectivity index (χ2n) is 5.55. The second-order valence-corrected chi connectivity index (χ2v) is 5.55. The topological polar surface area (TPSA) is 71.1 Å². The largest absolute Gasteiger partial charge is 0.496 e. The van der Waals surface area contributed by atoms with E-state index >= 15 is 0 Å². The first-order chi connectivity index (χ1) is 8.28. The van der Waals surface area contributed by atoms with Crippen molar-refractivity contribution in [3.05, 3.63) is 29.3 Å². The van der Waals surface area contributed by atoms with Crippen molar-refractivity contribution in [2.75, 3.05) is 7.11 Å². The van der Waals surface area contributed by atoms with Gasteiger partial charge in [0.1, 0.15) is 11.3 Å². The smallest absolute Gasteiger partial charge is 0.141 e. The van der Waals surface area contributed by atoms with Crippen LogP contribution in [0.2, 0.25) is 0 Å². The third-order valence-corrected chi connectivity index (χ3v) is 3.10. The molecule has 18 heavy (non-hydrogen) atoms. The van der Waals surface area contributed by atoms with E-state index in [1.165, 1.54) is 0 Å². The summed E-state index contributed by atoms with van der Waals surface area (Å²) in [5.41, 5.74) is 3.49. The fourth-order valence-corrected chi connectivity index (χ4v) is 1.79. The lowest BCUT2D eigenvalue weighted by Crippen LogP contribution is -2.43. The summed E-state index contributed by atoms with van der Waals surface area (Å²) in [4.78, 5) is 0. The van der Waals surface area contributed by atoms with Crippen molar-refractivity contribution in [3.8, 4) is 11.8 Å². The Hall–Kier alpha value is -1.57. The van der Waals surface area contributed by atoms with Crippen LogP contribution < -0.4 is 16.0 Å². The number of nitrogens with two attached hydrogens (primary N) is 1. The number of nitrogens with one attached hydrogen (secondary N) is 1. The highest BCUT2D eigenvalue weighted by molar-refractivity contribution is 5.45. The molecule has 1 aromatic carbocycles. The monoisotopic (exact) mass is 247 g/mol. The zero-order valence-electron chi connectivity index (χ0n) is 11.7. The Morgan fingerprint density at radius 1 is 1.28 bits per heavy atom. The zero-order chi connectivity index (χ0) is 14.0. The van der Waals surface area contributed by atoms with Gasteiger partial charge >= 0.3 is 0 Å². The minimum atomic E-state index is -0.897. The quantitative estimate of drug-likeness (QED) is 0.634. The number of methoxy groups -OCH3 is 1. The summed E-state index contributed by atoms with van der Waals surface area (Å²) >= 11 is 0. The molecule has 0 amide bonds. The number of benzene rings is 1. The van der Waals surface area contributed by atoms with Crippen molar-refractivity contribution in [1.82, 2.24) is 5.43 Å². The van der Waals surface area contributed by atoms with E-state index in [0.717, 1.165) is 16.9 Å². The van der Waals surface area contributed by atoms with Gasteiger partial charge in [0.15, 0.2) is 0 Å². The SMILES string of the molecule is COc1ccc(C(C)(C#N)NN)cc1C(C)(C)C. The van der Waals surface area contributed by atoms with Crippen LogP contribution in [0.3, 0.4) is 0 Å². The van der Waals surface area contributed by atoms with Gasteiger partial charge in [0, 0.05) is 0 Å². The van der Waals surface area contributed by atoms with Gasteiger partial charge in [-0.2, -0.15) is 5.26 Å². The molecule has 0 aliphatic carbocycles. The number of rotatable bonds is 3. The summed E-state index contributed by atoms with van der Waals surface area (Å²) < 4.78 is 5.37. The first-order valence-electron chi connectivity index (χ1n) is 5.86. The molecule has 0 bridgehead atoms. The van der Waals surface area contributed by atoms with E-state index in [9.17, 15) is 5.26 Å². The van der Waals surface area contributed by atoms with Crippen molar-refractivity contribution in [3.63, 3.8) is 0 Å². The molecule has 0 spiro atoms. The van der Waals surface area contributed by atoms with Gasteiger partial charge in [-0.1, -0.05) is 26.8 Å². The number of nitrogens with zero attached hydrogens (tertiary/aromatic N) is 1. The highest BCUT2D eigenvalue weighted by Gasteiger charge is 2.28. The van der Waals surface area contributed by atoms with Crippen LogP contribution in [0.25, 0.3) is 0 Å². The Labute approximate surface area is 109 Å². The first kappa shape index (κ1) is 14.5. The molecule has 0 fully saturated rings. The molecule has 0 saturated carbocycles. The summed E-state index contributed by atoms with van der Waals surface area (Å²) in [7, 11) is 1.65. The lowest BCUT2D eigenvalue weighted by molar-refractivity contribution is 0.395. The highest BCUT2D eigenvalue weighted by Crippen LogP contribution is 2.34. The van der Waals surface area contributed by atoms with Crippen molar-refractivity contribution in [2.24, 2.45) is 5.84 Å². The molecule has 0 aliphatic rings. The van der Waals surface area contributed by atoms with Crippen LogP contribution in [0.4, 0.5) is 0 Å². The zero-order valence-corrected chi connectivity index (χ0v) is 11.7. The highest BCUT2D eigenvalue weighted by atomic mass is 16.5. The Morgan fingerprint density at radius 3 is 2.28 bits per heavy atom. The van der Waals surface area contributed by atoms with Crippen molar-refractivity contribution < 1.29 is 4.74 Å². The van der Waals surface area contributed by atoms with Gasteiger partial charge in [-0.3, -0.25) is 5.84 Å². The predicted octanol–water partition coefficient (Wildman–Crippen LogP) is 2.19. The maximum Gasteiger partial charge on any atom is 0.141 e. The average molecular weight is 247 g/mol. The average Bonchev–Trinajstić information content (AvgIpc) is 2.36. The van der Waals surface area contributed by atoms with Gasteiger partial charge in [0.05, 0.1) is 13.2 Å². The van der Waals surface area contributed by atoms with Crippen molar-refractivity contribution in [2.45, 2.75) is 38.6 Å². The molecule has 3 N–H and O–H groups in total. The minimum Gasteiger partial charge on any atom is -0.496 e. The second kappa shape index (κ2) is 4.97. The molecule has 4 nitrogen and oxygen atoms in total. The molecular formula is C14H21N3O. The number of ether oxygens (including phenoxy) is 1. The standard InChI is InChI=1S/C14H21N3O/c1-13(2,3)11-8-10(6-7-12(11)18-5)14(4,9-15)17-16/h6-8,17H,16H2,1-5H3. The van der Waals surface area contributed by atoms with Crippen LogP contribution in [-0.2, 0) is 11.0 Å². The molecule has 4 heteroatoms. The molecule has 1 unspecified atom stereocenters. The van der Waals surface area contributed by atoms with Crippen LogP contribution in [0.5, 0.6) is 5.75 Å². The van der Waals surface area contributed by atoms with Crippen LogP contribution >= 0.6 is 0 Å². The van der Waals surface area contributed by atoms with E-state index in [2.05, 4.69) is 32.3 Å². The van der Waals surface area contributed by atoms with E-state index in [0.29, 0.717) is 0 Å². The molecule has 1 rings (SSSR count). The van der Waals surface area contributed by atoms with Crippen LogP contribution in [0.1, 0.15) is 38.8 Å². The van der Waals surface area contributed by atoms with E-state index in [-0.39, 0.29) is 5.41 Å². The van der Waals surface area contributed by atoms with E-state index in [4.69, 9.17) is 10.6 Å². The maximum atomic E-state index is 9.24. The molecule has 0 heterocycles. The number of hydrogen-bond acceptors (Lipinski definition) is 4. The summed E-state index contributed by atoms with van der Waals surface area (Å²) in [6, 6.07) is 7.89. The van der Waals surface area contributed by atoms with Gasteiger partial charge in [0.2, 0.25) is 0 Å². The minimum absolute atomic E-state index is 0.0632. The molecule has 1 atom stereocenters. The predicted molar refractivity (Wildman–Crippen MR) is 72.0 cm³/mol. The van der Waals surface area contributed by atoms with Gasteiger partial charge in [0.25, 0.3) is 0 Å². The van der Waals surface area contributed by atoms with Gasteiger partial charge in [-0.25, -0.2) is 5.43 Å². The molecule has 0 saturated heterocycles. The van der Waals surface area contributed by atoms with Crippen molar-refractivity contribution >= 4 is 0 Å². The van der Waals surface area contributed by atoms with E-state index in [1.54, 1.807) is 14.0 Å². The molecule has 98 valence electrons. The Bertz CT molecular complexity index is 471. The van der Waals surface area contributed by atoms with Gasteiger partial charge in [-0.15, -0.1) is 0 Å². The summed E-state index contributed by atoms with van der Waals surface area (Å²) in [6.07, 6.45) is 0. The van der Waals surface area contributed by atoms with Crippen LogP contribution in [0, 0.1) is 11.3 Å². The fraction of sp³-hybridized carbons (Fsp3) is 0.500. The summed E-state index contributed by atoms with van der Waals surface area (Å²) in [5.74, 6) is 6.30. The normalized spacial score (nSPS) is 14.7. The Balaban J connectivity index is 3.41. The number of nitriles is 1. The molecule has 0 aromatic heterocycles. The molecule has 1 aromatic rings. The van der Waals surface area contributed by atoms with Crippen LogP contribution in [-0.4, -0.2) is 7.11 Å². The van der Waals surface area contributed by atoms with E-state index in [1.807, 2.05) is 18.2 Å². The fourth-order valence-electron chi connectivity index (χ4n) is 1.79. The van der Waals surface area contributed by atoms with E-state index < -0.39 is 5.54 Å². The number of hydrazine groups is 1. The van der Waals surface area contributed by atoms with Gasteiger partial charge < -0.3 is 4.74 Å². The molecular weight excluding hydrogens is 226 g/mol. The lowest BCUT2D eigenvalue weighted by Gasteiger charge is -2.27. The Kier molecular flexibility index (Phi) is 4.00. The third kappa shape index (κ3) is 2.63. The van der Waals surface area contributed by atoms with Crippen LogP contribution in [0.15, 0.2) is 18.2 Å². The number of hydrogen-bond donors (Lipinski definition) is 2. The molecule has 0 aliphatic heterocycles. The summed E-state index contributed by atoms with van der Waals surface area (Å²) in [6.45, 7) is 8.07. The van der Waals surface area contributed by atoms with Crippen molar-refractivity contribution in [1.29, 1.82) is 5.26 Å². The Morgan fingerprint density at radius 2 is 1.89 bits per heavy atom. The lowest BCUT2D eigenvalue weighted by atomic mass is 9.82. The van der Waals surface area contributed by atoms with Gasteiger partial charge in [-0.05, 0) is 35.6 Å². The third-order valence-electron chi connectivity index (χ3n) is 3.10. The first-order valence-corrected chi connectivity index (χ1v) is 5.86. The molecule has 0 radical (unpaired) electrons.